The Kier molecular flexibility index (Phi) is 5.74. The van der Waals surface area contributed by atoms with Gasteiger partial charge in [0.05, 0.1) is 6.26 Å². The lowest BCUT2D eigenvalue weighted by Gasteiger charge is -2.30. The van der Waals surface area contributed by atoms with E-state index in [1.54, 1.807) is 4.31 Å². The van der Waals surface area contributed by atoms with E-state index in [0.29, 0.717) is 25.6 Å². The minimum Gasteiger partial charge on any atom is -0.334 e. The third kappa shape index (κ3) is 4.70. The van der Waals surface area contributed by atoms with Gasteiger partial charge in [-0.3, -0.25) is 4.79 Å². The molecule has 0 aliphatic carbocycles. The summed E-state index contributed by atoms with van der Waals surface area (Å²) in [6, 6.07) is 16.3. The van der Waals surface area contributed by atoms with E-state index in [1.165, 1.54) is 22.9 Å². The molecule has 0 spiro atoms. The molecule has 29 heavy (non-hydrogen) atoms. The standard InChI is InChI=1S/C23H28N2O3S/c1-29(27,28)25-14-10-19(11-15-25)16-18-6-8-21(9-7-18)23(26)24-13-12-20-4-2-3-5-22(20)17-24/h2-9,19H,10-17H2,1H3. The number of benzene rings is 2. The summed E-state index contributed by atoms with van der Waals surface area (Å²) in [5.41, 5.74) is 4.53. The molecular formula is C23H28N2O3S. The summed E-state index contributed by atoms with van der Waals surface area (Å²) in [7, 11) is -3.08. The maximum atomic E-state index is 12.9. The summed E-state index contributed by atoms with van der Waals surface area (Å²) in [5, 5.41) is 0. The van der Waals surface area contributed by atoms with Crippen molar-refractivity contribution in [1.82, 2.24) is 9.21 Å². The molecule has 0 bridgehead atoms. The summed E-state index contributed by atoms with van der Waals surface area (Å²) < 4.78 is 24.9. The number of carbonyl (C=O) groups excluding carboxylic acids is 1. The lowest BCUT2D eigenvalue weighted by molar-refractivity contribution is 0.0734. The highest BCUT2D eigenvalue weighted by Crippen LogP contribution is 2.24. The molecule has 0 atom stereocenters. The highest BCUT2D eigenvalue weighted by atomic mass is 32.2. The topological polar surface area (TPSA) is 57.7 Å². The zero-order chi connectivity index (χ0) is 20.4. The fourth-order valence-corrected chi connectivity index (χ4v) is 5.29. The second-order valence-corrected chi connectivity index (χ2v) is 10.2. The highest BCUT2D eigenvalue weighted by Gasteiger charge is 2.25. The van der Waals surface area contributed by atoms with Crippen LogP contribution in [-0.2, 0) is 29.4 Å². The van der Waals surface area contributed by atoms with Crippen LogP contribution in [-0.4, -0.2) is 49.4 Å². The minimum atomic E-state index is -3.08. The molecule has 0 saturated carbocycles. The van der Waals surface area contributed by atoms with Crippen molar-refractivity contribution in [3.8, 4) is 0 Å². The van der Waals surface area contributed by atoms with E-state index in [4.69, 9.17) is 0 Å². The molecule has 0 aromatic heterocycles. The van der Waals surface area contributed by atoms with Gasteiger partial charge in [0.15, 0.2) is 0 Å². The number of carbonyl (C=O) groups is 1. The van der Waals surface area contributed by atoms with Crippen molar-refractivity contribution in [2.75, 3.05) is 25.9 Å². The number of nitrogens with zero attached hydrogens (tertiary/aromatic N) is 2. The van der Waals surface area contributed by atoms with E-state index in [1.807, 2.05) is 35.2 Å². The molecule has 2 aromatic rings. The highest BCUT2D eigenvalue weighted by molar-refractivity contribution is 7.88. The van der Waals surface area contributed by atoms with E-state index in [9.17, 15) is 13.2 Å². The molecule has 154 valence electrons. The third-order valence-electron chi connectivity index (χ3n) is 6.19. The number of sulfonamides is 1. The Bertz CT molecular complexity index is 977. The summed E-state index contributed by atoms with van der Waals surface area (Å²) >= 11 is 0. The predicted molar refractivity (Wildman–Crippen MR) is 114 cm³/mol. The number of hydrogen-bond donors (Lipinski definition) is 0. The van der Waals surface area contributed by atoms with Crippen LogP contribution in [0.1, 0.15) is 39.9 Å². The van der Waals surface area contributed by atoms with Gasteiger partial charge in [0.2, 0.25) is 10.0 Å². The molecular weight excluding hydrogens is 384 g/mol. The molecule has 1 amide bonds. The molecule has 0 radical (unpaired) electrons. The monoisotopic (exact) mass is 412 g/mol. The lowest BCUT2D eigenvalue weighted by atomic mass is 9.90. The average molecular weight is 413 g/mol. The third-order valence-corrected chi connectivity index (χ3v) is 7.49. The first kappa shape index (κ1) is 20.1. The van der Waals surface area contributed by atoms with Gasteiger partial charge < -0.3 is 4.90 Å². The van der Waals surface area contributed by atoms with Crippen LogP contribution in [0.25, 0.3) is 0 Å². The Morgan fingerprint density at radius 3 is 2.28 bits per heavy atom. The quantitative estimate of drug-likeness (QED) is 0.775. The molecule has 5 nitrogen and oxygen atoms in total. The van der Waals surface area contributed by atoms with Crippen molar-refractivity contribution < 1.29 is 13.2 Å². The lowest BCUT2D eigenvalue weighted by Crippen LogP contribution is -2.38. The van der Waals surface area contributed by atoms with E-state index in [0.717, 1.165) is 37.8 Å². The molecule has 1 saturated heterocycles. The smallest absolute Gasteiger partial charge is 0.254 e. The second-order valence-electron chi connectivity index (χ2n) is 8.25. The van der Waals surface area contributed by atoms with E-state index < -0.39 is 10.0 Å². The zero-order valence-corrected chi connectivity index (χ0v) is 17.7. The van der Waals surface area contributed by atoms with Crippen LogP contribution in [0.15, 0.2) is 48.5 Å². The molecule has 4 rings (SSSR count). The van der Waals surface area contributed by atoms with E-state index >= 15 is 0 Å². The molecule has 2 aromatic carbocycles. The van der Waals surface area contributed by atoms with Gasteiger partial charge in [-0.05, 0) is 60.4 Å². The molecule has 1 fully saturated rings. The largest absolute Gasteiger partial charge is 0.334 e. The average Bonchev–Trinajstić information content (AvgIpc) is 2.73. The first-order valence-electron chi connectivity index (χ1n) is 10.3. The number of rotatable bonds is 4. The zero-order valence-electron chi connectivity index (χ0n) is 16.9. The second kappa shape index (κ2) is 8.28. The number of hydrogen-bond acceptors (Lipinski definition) is 3. The minimum absolute atomic E-state index is 0.0903. The molecule has 2 aliphatic heterocycles. The van der Waals surface area contributed by atoms with Gasteiger partial charge in [0, 0.05) is 31.7 Å². The molecule has 0 unspecified atom stereocenters. The van der Waals surface area contributed by atoms with Crippen LogP contribution in [0.4, 0.5) is 0 Å². The predicted octanol–water partition coefficient (Wildman–Crippen LogP) is 3.10. The maximum absolute atomic E-state index is 12.9. The SMILES string of the molecule is CS(=O)(=O)N1CCC(Cc2ccc(C(=O)N3CCc4ccccc4C3)cc2)CC1. The van der Waals surface area contributed by atoms with Gasteiger partial charge in [-0.1, -0.05) is 36.4 Å². The fraction of sp³-hybridized carbons (Fsp3) is 0.435. The summed E-state index contributed by atoms with van der Waals surface area (Å²) in [4.78, 5) is 14.8. The van der Waals surface area contributed by atoms with Crippen molar-refractivity contribution in [2.24, 2.45) is 5.92 Å². The van der Waals surface area contributed by atoms with Crippen LogP contribution < -0.4 is 0 Å². The van der Waals surface area contributed by atoms with Crippen LogP contribution >= 0.6 is 0 Å². The van der Waals surface area contributed by atoms with Crippen molar-refractivity contribution >= 4 is 15.9 Å². The molecule has 2 aliphatic rings. The Labute approximate surface area is 173 Å². The van der Waals surface area contributed by atoms with E-state index in [2.05, 4.69) is 18.2 Å². The van der Waals surface area contributed by atoms with Gasteiger partial charge in [0.1, 0.15) is 0 Å². The Morgan fingerprint density at radius 2 is 1.62 bits per heavy atom. The molecule has 2 heterocycles. The number of piperidine rings is 1. The number of fused-ring (bicyclic) bond motifs is 1. The Hall–Kier alpha value is -2.18. The van der Waals surface area contributed by atoms with Crippen molar-refractivity contribution in [3.05, 3.63) is 70.8 Å². The maximum Gasteiger partial charge on any atom is 0.254 e. The summed E-state index contributed by atoms with van der Waals surface area (Å²) in [5.74, 6) is 0.584. The van der Waals surface area contributed by atoms with Gasteiger partial charge >= 0.3 is 0 Å². The fourth-order valence-electron chi connectivity index (χ4n) is 4.41. The summed E-state index contributed by atoms with van der Waals surface area (Å²) in [6.07, 6.45) is 4.90. The summed E-state index contributed by atoms with van der Waals surface area (Å²) in [6.45, 7) is 2.65. The van der Waals surface area contributed by atoms with Gasteiger partial charge in [-0.2, -0.15) is 0 Å². The van der Waals surface area contributed by atoms with Crippen molar-refractivity contribution in [2.45, 2.75) is 32.2 Å². The van der Waals surface area contributed by atoms with Crippen LogP contribution in [0.5, 0.6) is 0 Å². The molecule has 6 heteroatoms. The Balaban J connectivity index is 1.34. The normalized spacial score (nSPS) is 18.4. The Morgan fingerprint density at radius 1 is 0.966 bits per heavy atom. The van der Waals surface area contributed by atoms with Crippen LogP contribution in [0, 0.1) is 5.92 Å². The van der Waals surface area contributed by atoms with Crippen LogP contribution in [0.3, 0.4) is 0 Å². The number of amides is 1. The van der Waals surface area contributed by atoms with Gasteiger partial charge in [0.25, 0.3) is 5.91 Å². The van der Waals surface area contributed by atoms with Gasteiger partial charge in [-0.25, -0.2) is 12.7 Å². The van der Waals surface area contributed by atoms with Crippen molar-refractivity contribution in [1.29, 1.82) is 0 Å². The van der Waals surface area contributed by atoms with E-state index in [-0.39, 0.29) is 5.91 Å². The first-order chi connectivity index (χ1) is 13.9. The first-order valence-corrected chi connectivity index (χ1v) is 12.1. The van der Waals surface area contributed by atoms with Gasteiger partial charge in [-0.15, -0.1) is 0 Å². The van der Waals surface area contributed by atoms with Crippen LogP contribution in [0.2, 0.25) is 0 Å². The van der Waals surface area contributed by atoms with Crippen molar-refractivity contribution in [3.63, 3.8) is 0 Å². The molecule has 0 N–H and O–H groups in total.